The van der Waals surface area contributed by atoms with Gasteiger partial charge in [-0.1, -0.05) is 35.0 Å². The number of benzene rings is 2. The Hall–Kier alpha value is -2.85. The number of aryl methyl sites for hydroxylation is 2. The average Bonchev–Trinajstić information content (AvgIpc) is 2.64. The molecule has 0 fully saturated rings. The minimum absolute atomic E-state index is 0.0535. The fourth-order valence-electron chi connectivity index (χ4n) is 3.28. The van der Waals surface area contributed by atoms with Gasteiger partial charge in [-0.25, -0.2) is 0 Å². The molecule has 0 radical (unpaired) electrons. The van der Waals surface area contributed by atoms with Crippen molar-refractivity contribution in [1.82, 2.24) is 4.98 Å². The average molecular weight is 381 g/mol. The first kappa shape index (κ1) is 18.9. The van der Waals surface area contributed by atoms with E-state index in [0.29, 0.717) is 17.2 Å². The number of phenolic OH excluding ortho intramolecular Hbond substituents is 1. The maximum atomic E-state index is 9.68. The van der Waals surface area contributed by atoms with E-state index < -0.39 is 0 Å². The molecule has 0 aliphatic heterocycles. The summed E-state index contributed by atoms with van der Waals surface area (Å²) in [6.07, 6.45) is 2.20. The van der Waals surface area contributed by atoms with Gasteiger partial charge >= 0.3 is 0 Å². The normalized spacial score (nSPS) is 12.8. The number of aromatic nitrogens is 1. The number of phenols is 1. The van der Waals surface area contributed by atoms with E-state index in [1.54, 1.807) is 18.3 Å². The lowest BCUT2D eigenvalue weighted by Gasteiger charge is -2.21. The molecule has 0 bridgehead atoms. The molecule has 1 aromatic heterocycles. The van der Waals surface area contributed by atoms with Crippen LogP contribution in [0, 0.1) is 13.8 Å². The lowest BCUT2D eigenvalue weighted by molar-refractivity contribution is 0.317. The summed E-state index contributed by atoms with van der Waals surface area (Å²) < 4.78 is 0. The Kier molecular flexibility index (Phi) is 5.77. The molecule has 5 heteroatoms. The maximum absolute atomic E-state index is 9.68. The highest BCUT2D eigenvalue weighted by molar-refractivity contribution is 6.30. The molecule has 0 aliphatic rings. The van der Waals surface area contributed by atoms with Crippen LogP contribution in [0.25, 0.3) is 0 Å². The Balaban J connectivity index is 2.05. The molecule has 2 N–H and O–H groups in total. The Morgan fingerprint density at radius 1 is 1.07 bits per heavy atom. The SMILES string of the molecule is Cc1cc(/C(C[C@@H](c2ccc(O)cc2)c2ccc(Cl)cc2C)=N/O)ccn1. The summed E-state index contributed by atoms with van der Waals surface area (Å²) in [7, 11) is 0. The lowest BCUT2D eigenvalue weighted by Crippen LogP contribution is -2.12. The van der Waals surface area contributed by atoms with Crippen LogP contribution in [0.2, 0.25) is 5.02 Å². The number of pyridine rings is 1. The molecular formula is C22H21ClN2O2. The molecule has 2 aromatic carbocycles. The Bertz CT molecular complexity index is 968. The van der Waals surface area contributed by atoms with Crippen molar-refractivity contribution in [3.05, 3.63) is 93.8 Å². The lowest BCUT2D eigenvalue weighted by atomic mass is 9.83. The van der Waals surface area contributed by atoms with E-state index >= 15 is 0 Å². The van der Waals surface area contributed by atoms with Crippen molar-refractivity contribution in [3.63, 3.8) is 0 Å². The minimum Gasteiger partial charge on any atom is -0.508 e. The highest BCUT2D eigenvalue weighted by Gasteiger charge is 2.21. The second-order valence-electron chi connectivity index (χ2n) is 6.58. The third-order valence-corrected chi connectivity index (χ3v) is 4.89. The number of oxime groups is 1. The van der Waals surface area contributed by atoms with Gasteiger partial charge in [-0.2, -0.15) is 0 Å². The van der Waals surface area contributed by atoms with Gasteiger partial charge in [-0.05, 0) is 66.9 Å². The van der Waals surface area contributed by atoms with Crippen molar-refractivity contribution in [2.45, 2.75) is 26.2 Å². The van der Waals surface area contributed by atoms with Gasteiger partial charge in [0.2, 0.25) is 0 Å². The van der Waals surface area contributed by atoms with Crippen LogP contribution in [0.5, 0.6) is 5.75 Å². The number of nitrogens with zero attached hydrogens (tertiary/aromatic N) is 2. The van der Waals surface area contributed by atoms with E-state index in [2.05, 4.69) is 10.1 Å². The first-order valence-corrected chi connectivity index (χ1v) is 9.04. The van der Waals surface area contributed by atoms with Gasteiger partial charge in [0.25, 0.3) is 0 Å². The van der Waals surface area contributed by atoms with Crippen LogP contribution in [-0.4, -0.2) is 21.0 Å². The Morgan fingerprint density at radius 2 is 1.81 bits per heavy atom. The number of hydrogen-bond donors (Lipinski definition) is 2. The van der Waals surface area contributed by atoms with E-state index in [1.165, 1.54) is 0 Å². The summed E-state index contributed by atoms with van der Waals surface area (Å²) in [6.45, 7) is 3.92. The zero-order valence-corrected chi connectivity index (χ0v) is 16.0. The number of aromatic hydroxyl groups is 1. The molecule has 0 saturated heterocycles. The molecule has 27 heavy (non-hydrogen) atoms. The predicted molar refractivity (Wildman–Crippen MR) is 108 cm³/mol. The molecule has 0 unspecified atom stereocenters. The van der Waals surface area contributed by atoms with Gasteiger partial charge < -0.3 is 10.3 Å². The van der Waals surface area contributed by atoms with Crippen molar-refractivity contribution >= 4 is 17.3 Å². The third kappa shape index (κ3) is 4.47. The van der Waals surface area contributed by atoms with Crippen LogP contribution in [-0.2, 0) is 0 Å². The van der Waals surface area contributed by atoms with E-state index in [9.17, 15) is 10.3 Å². The third-order valence-electron chi connectivity index (χ3n) is 4.65. The summed E-state index contributed by atoms with van der Waals surface area (Å²) in [4.78, 5) is 4.21. The molecule has 3 rings (SSSR count). The Labute approximate surface area is 163 Å². The van der Waals surface area contributed by atoms with E-state index in [-0.39, 0.29) is 11.7 Å². The van der Waals surface area contributed by atoms with Gasteiger partial charge in [0.1, 0.15) is 5.75 Å². The molecule has 0 saturated carbocycles. The molecule has 3 aromatic rings. The van der Waals surface area contributed by atoms with Crippen molar-refractivity contribution in [3.8, 4) is 5.75 Å². The second kappa shape index (κ2) is 8.23. The fraction of sp³-hybridized carbons (Fsp3) is 0.182. The zero-order valence-electron chi connectivity index (χ0n) is 15.2. The summed E-state index contributed by atoms with van der Waals surface area (Å²) in [5.74, 6) is 0.161. The predicted octanol–water partition coefficient (Wildman–Crippen LogP) is 5.46. The molecule has 138 valence electrons. The topological polar surface area (TPSA) is 65.7 Å². The smallest absolute Gasteiger partial charge is 0.115 e. The molecule has 4 nitrogen and oxygen atoms in total. The summed E-state index contributed by atoms with van der Waals surface area (Å²) in [5.41, 5.74) is 5.44. The molecule has 1 atom stereocenters. The zero-order chi connectivity index (χ0) is 19.4. The first-order valence-electron chi connectivity index (χ1n) is 8.67. The van der Waals surface area contributed by atoms with Crippen LogP contribution < -0.4 is 0 Å². The van der Waals surface area contributed by atoms with E-state index in [1.807, 2.05) is 56.3 Å². The van der Waals surface area contributed by atoms with Crippen LogP contribution >= 0.6 is 11.6 Å². The molecule has 0 aliphatic carbocycles. The quantitative estimate of drug-likeness (QED) is 0.351. The van der Waals surface area contributed by atoms with Gasteiger partial charge in [0, 0.05) is 34.8 Å². The van der Waals surface area contributed by atoms with Crippen LogP contribution in [0.15, 0.2) is 65.9 Å². The van der Waals surface area contributed by atoms with Crippen LogP contribution in [0.4, 0.5) is 0 Å². The van der Waals surface area contributed by atoms with Gasteiger partial charge in [-0.15, -0.1) is 0 Å². The summed E-state index contributed by atoms with van der Waals surface area (Å²) in [5, 5.41) is 23.6. The highest BCUT2D eigenvalue weighted by atomic mass is 35.5. The van der Waals surface area contributed by atoms with Crippen LogP contribution in [0.1, 0.15) is 40.3 Å². The van der Waals surface area contributed by atoms with Gasteiger partial charge in [0.05, 0.1) is 5.71 Å². The number of rotatable bonds is 5. The Morgan fingerprint density at radius 3 is 2.44 bits per heavy atom. The largest absolute Gasteiger partial charge is 0.508 e. The van der Waals surface area contributed by atoms with Crippen molar-refractivity contribution in [2.75, 3.05) is 0 Å². The van der Waals surface area contributed by atoms with Crippen LogP contribution in [0.3, 0.4) is 0 Å². The van der Waals surface area contributed by atoms with Crippen molar-refractivity contribution < 1.29 is 10.3 Å². The second-order valence-corrected chi connectivity index (χ2v) is 7.02. The summed E-state index contributed by atoms with van der Waals surface area (Å²) in [6, 6.07) is 16.6. The maximum Gasteiger partial charge on any atom is 0.115 e. The molecule has 1 heterocycles. The molecule has 0 spiro atoms. The van der Waals surface area contributed by atoms with Gasteiger partial charge in [-0.3, -0.25) is 4.98 Å². The molecular weight excluding hydrogens is 360 g/mol. The van der Waals surface area contributed by atoms with Gasteiger partial charge in [0.15, 0.2) is 0 Å². The summed E-state index contributed by atoms with van der Waals surface area (Å²) >= 11 is 6.13. The first-order chi connectivity index (χ1) is 13.0. The number of halogens is 1. The van der Waals surface area contributed by atoms with E-state index in [4.69, 9.17) is 11.6 Å². The fourth-order valence-corrected chi connectivity index (χ4v) is 3.51. The standard InChI is InChI=1S/C22H21ClN2O2/c1-14-11-18(23)5-8-20(14)21(16-3-6-19(26)7-4-16)13-22(25-27)17-9-10-24-15(2)12-17/h3-12,21,26-27H,13H2,1-2H3/b25-22+/t21-/m0/s1. The number of hydrogen-bond acceptors (Lipinski definition) is 4. The van der Waals surface area contributed by atoms with Crippen molar-refractivity contribution in [1.29, 1.82) is 0 Å². The highest BCUT2D eigenvalue weighted by Crippen LogP contribution is 2.33. The minimum atomic E-state index is -0.0535. The molecule has 0 amide bonds. The van der Waals surface area contributed by atoms with E-state index in [0.717, 1.165) is 27.9 Å². The monoisotopic (exact) mass is 380 g/mol. The van der Waals surface area contributed by atoms with Crippen molar-refractivity contribution in [2.24, 2.45) is 5.16 Å².